The first-order chi connectivity index (χ1) is 9.78. The first-order valence-corrected chi connectivity index (χ1v) is 6.24. The second-order valence-corrected chi connectivity index (χ2v) is 4.33. The van der Waals surface area contributed by atoms with Crippen molar-refractivity contribution in [2.75, 3.05) is 12.8 Å². The zero-order valence-corrected chi connectivity index (χ0v) is 11.0. The van der Waals surface area contributed by atoms with Crippen molar-refractivity contribution >= 4 is 16.5 Å². The first-order valence-electron chi connectivity index (χ1n) is 6.24. The van der Waals surface area contributed by atoms with Gasteiger partial charge in [-0.2, -0.15) is 4.98 Å². The fourth-order valence-electron chi connectivity index (χ4n) is 2.02. The molecule has 0 bridgehead atoms. The van der Waals surface area contributed by atoms with Gasteiger partial charge in [-0.05, 0) is 17.5 Å². The van der Waals surface area contributed by atoms with Crippen molar-refractivity contribution in [2.24, 2.45) is 0 Å². The molecule has 3 rings (SSSR count). The molecule has 1 aromatic heterocycles. The Labute approximate surface area is 116 Å². The van der Waals surface area contributed by atoms with Crippen LogP contribution < -0.4 is 15.2 Å². The number of rotatable bonds is 3. The standard InChI is InChI=1S/C16H14N2O2/c1-19-15-10-9-13(17)16(18-15)20-14-8-4-6-11-5-2-3-7-12(11)14/h2-10H,17H2,1H3. The Morgan fingerprint density at radius 3 is 2.60 bits per heavy atom. The predicted octanol–water partition coefficient (Wildman–Crippen LogP) is 3.62. The van der Waals surface area contributed by atoms with Gasteiger partial charge in [-0.3, -0.25) is 0 Å². The summed E-state index contributed by atoms with van der Waals surface area (Å²) in [7, 11) is 1.56. The number of nitrogens with two attached hydrogens (primary N) is 1. The Bertz CT molecular complexity index is 751. The van der Waals surface area contributed by atoms with Gasteiger partial charge in [0.05, 0.1) is 12.8 Å². The Morgan fingerprint density at radius 1 is 0.950 bits per heavy atom. The summed E-state index contributed by atoms with van der Waals surface area (Å²) in [5.74, 6) is 1.53. The SMILES string of the molecule is COc1ccc(N)c(Oc2cccc3ccccc23)n1. The second-order valence-electron chi connectivity index (χ2n) is 4.33. The smallest absolute Gasteiger partial charge is 0.246 e. The molecule has 20 heavy (non-hydrogen) atoms. The zero-order chi connectivity index (χ0) is 13.9. The van der Waals surface area contributed by atoms with E-state index in [1.165, 1.54) is 0 Å². The quantitative estimate of drug-likeness (QED) is 0.786. The Hall–Kier alpha value is -2.75. The van der Waals surface area contributed by atoms with Crippen LogP contribution in [-0.4, -0.2) is 12.1 Å². The highest BCUT2D eigenvalue weighted by molar-refractivity contribution is 5.88. The molecule has 0 aliphatic carbocycles. The molecule has 4 nitrogen and oxygen atoms in total. The fourth-order valence-corrected chi connectivity index (χ4v) is 2.02. The lowest BCUT2D eigenvalue weighted by atomic mass is 10.1. The van der Waals surface area contributed by atoms with Crippen molar-refractivity contribution in [2.45, 2.75) is 0 Å². The van der Waals surface area contributed by atoms with Crippen molar-refractivity contribution in [3.8, 4) is 17.5 Å². The van der Waals surface area contributed by atoms with Crippen LogP contribution in [0.1, 0.15) is 0 Å². The summed E-state index contributed by atoms with van der Waals surface area (Å²) in [6, 6.07) is 17.3. The maximum atomic E-state index is 5.89. The molecular formula is C16H14N2O2. The molecule has 100 valence electrons. The average Bonchev–Trinajstić information content (AvgIpc) is 2.50. The summed E-state index contributed by atoms with van der Waals surface area (Å²) >= 11 is 0. The number of nitrogen functional groups attached to an aromatic ring is 1. The van der Waals surface area contributed by atoms with E-state index < -0.39 is 0 Å². The third-order valence-corrected chi connectivity index (χ3v) is 3.03. The highest BCUT2D eigenvalue weighted by Crippen LogP contribution is 2.32. The van der Waals surface area contributed by atoms with E-state index in [4.69, 9.17) is 15.2 Å². The number of hydrogen-bond donors (Lipinski definition) is 1. The van der Waals surface area contributed by atoms with E-state index in [2.05, 4.69) is 4.98 Å². The molecule has 0 atom stereocenters. The maximum Gasteiger partial charge on any atom is 0.246 e. The van der Waals surface area contributed by atoms with E-state index in [1.54, 1.807) is 19.2 Å². The Kier molecular flexibility index (Phi) is 3.13. The van der Waals surface area contributed by atoms with Crippen LogP contribution in [0.2, 0.25) is 0 Å². The summed E-state index contributed by atoms with van der Waals surface area (Å²) < 4.78 is 10.9. The minimum atomic E-state index is 0.348. The molecule has 2 N–H and O–H groups in total. The lowest BCUT2D eigenvalue weighted by molar-refractivity contribution is 0.385. The van der Waals surface area contributed by atoms with Gasteiger partial charge in [0.2, 0.25) is 11.8 Å². The fraction of sp³-hybridized carbons (Fsp3) is 0.0625. The third-order valence-electron chi connectivity index (χ3n) is 3.03. The van der Waals surface area contributed by atoms with Crippen molar-refractivity contribution in [3.63, 3.8) is 0 Å². The molecular weight excluding hydrogens is 252 g/mol. The molecule has 0 aliphatic rings. The number of pyridine rings is 1. The summed E-state index contributed by atoms with van der Waals surface area (Å²) in [6.07, 6.45) is 0. The van der Waals surface area contributed by atoms with Crippen LogP contribution in [0.25, 0.3) is 10.8 Å². The van der Waals surface area contributed by atoms with Crippen LogP contribution in [0.4, 0.5) is 5.69 Å². The van der Waals surface area contributed by atoms with Crippen LogP contribution in [-0.2, 0) is 0 Å². The molecule has 0 aliphatic heterocycles. The number of fused-ring (bicyclic) bond motifs is 1. The molecule has 1 heterocycles. The number of benzene rings is 2. The lowest BCUT2D eigenvalue weighted by Crippen LogP contribution is -1.97. The predicted molar refractivity (Wildman–Crippen MR) is 79.2 cm³/mol. The Morgan fingerprint density at radius 2 is 1.75 bits per heavy atom. The molecule has 0 saturated carbocycles. The van der Waals surface area contributed by atoms with Gasteiger partial charge < -0.3 is 15.2 Å². The molecule has 2 aromatic carbocycles. The Balaban J connectivity index is 2.05. The van der Waals surface area contributed by atoms with Gasteiger partial charge in [-0.15, -0.1) is 0 Å². The molecule has 0 unspecified atom stereocenters. The summed E-state index contributed by atoms with van der Waals surface area (Å²) in [6.45, 7) is 0. The normalized spacial score (nSPS) is 10.4. The van der Waals surface area contributed by atoms with Gasteiger partial charge in [-0.25, -0.2) is 0 Å². The summed E-state index contributed by atoms with van der Waals surface area (Å²) in [5.41, 5.74) is 6.36. The van der Waals surface area contributed by atoms with Crippen LogP contribution in [0.3, 0.4) is 0 Å². The van der Waals surface area contributed by atoms with E-state index in [9.17, 15) is 0 Å². The van der Waals surface area contributed by atoms with Crippen LogP contribution in [0.15, 0.2) is 54.6 Å². The van der Waals surface area contributed by atoms with Crippen LogP contribution >= 0.6 is 0 Å². The highest BCUT2D eigenvalue weighted by atomic mass is 16.5. The molecule has 0 spiro atoms. The number of ether oxygens (including phenoxy) is 2. The van der Waals surface area contributed by atoms with Crippen molar-refractivity contribution < 1.29 is 9.47 Å². The van der Waals surface area contributed by atoms with Crippen LogP contribution in [0, 0.1) is 0 Å². The number of methoxy groups -OCH3 is 1. The second kappa shape index (κ2) is 5.09. The average molecular weight is 266 g/mol. The zero-order valence-electron chi connectivity index (χ0n) is 11.0. The molecule has 0 saturated heterocycles. The van der Waals surface area contributed by atoms with E-state index >= 15 is 0 Å². The van der Waals surface area contributed by atoms with Crippen molar-refractivity contribution in [1.29, 1.82) is 0 Å². The molecule has 0 radical (unpaired) electrons. The first kappa shape index (κ1) is 12.3. The number of aromatic nitrogens is 1. The monoisotopic (exact) mass is 266 g/mol. The van der Waals surface area contributed by atoms with Gasteiger partial charge >= 0.3 is 0 Å². The summed E-state index contributed by atoms with van der Waals surface area (Å²) in [5, 5.41) is 2.12. The minimum absolute atomic E-state index is 0.348. The number of hydrogen-bond acceptors (Lipinski definition) is 4. The van der Waals surface area contributed by atoms with E-state index in [0.29, 0.717) is 17.4 Å². The molecule has 0 amide bonds. The van der Waals surface area contributed by atoms with Crippen molar-refractivity contribution in [3.05, 3.63) is 54.6 Å². The van der Waals surface area contributed by atoms with Gasteiger partial charge in [0.15, 0.2) is 0 Å². The van der Waals surface area contributed by atoms with Gasteiger partial charge in [-0.1, -0.05) is 36.4 Å². The largest absolute Gasteiger partial charge is 0.481 e. The third kappa shape index (κ3) is 2.23. The lowest BCUT2D eigenvalue weighted by Gasteiger charge is -2.10. The summed E-state index contributed by atoms with van der Waals surface area (Å²) in [4.78, 5) is 4.22. The molecule has 0 fully saturated rings. The highest BCUT2D eigenvalue weighted by Gasteiger charge is 2.08. The minimum Gasteiger partial charge on any atom is -0.481 e. The van der Waals surface area contributed by atoms with E-state index in [0.717, 1.165) is 16.5 Å². The van der Waals surface area contributed by atoms with Gasteiger partial charge in [0.25, 0.3) is 0 Å². The number of anilines is 1. The van der Waals surface area contributed by atoms with Gasteiger partial charge in [0, 0.05) is 11.5 Å². The molecule has 4 heteroatoms. The topological polar surface area (TPSA) is 57.4 Å². The van der Waals surface area contributed by atoms with E-state index in [-0.39, 0.29) is 0 Å². The molecule has 3 aromatic rings. The van der Waals surface area contributed by atoms with Gasteiger partial charge in [0.1, 0.15) is 5.75 Å². The van der Waals surface area contributed by atoms with Crippen LogP contribution in [0.5, 0.6) is 17.5 Å². The van der Waals surface area contributed by atoms with Crippen molar-refractivity contribution in [1.82, 2.24) is 4.98 Å². The number of nitrogens with zero attached hydrogens (tertiary/aromatic N) is 1. The van der Waals surface area contributed by atoms with E-state index in [1.807, 2.05) is 42.5 Å². The maximum absolute atomic E-state index is 5.89.